The molecule has 0 aromatic heterocycles. The Bertz CT molecular complexity index is 288. The van der Waals surface area contributed by atoms with Crippen molar-refractivity contribution < 1.29 is 4.74 Å². The molecule has 13 heavy (non-hydrogen) atoms. The van der Waals surface area contributed by atoms with Crippen molar-refractivity contribution in [3.8, 4) is 6.07 Å². The van der Waals surface area contributed by atoms with Gasteiger partial charge in [-0.25, -0.2) is 0 Å². The number of hydrogen-bond acceptors (Lipinski definition) is 2. The highest BCUT2D eigenvalue weighted by atomic mass is 79.9. The zero-order valence-corrected chi connectivity index (χ0v) is 9.97. The number of nitrogens with zero attached hydrogens (tertiary/aromatic N) is 1. The Morgan fingerprint density at radius 3 is 2.46 bits per heavy atom. The summed E-state index contributed by atoms with van der Waals surface area (Å²) >= 11 is 3.40. The van der Waals surface area contributed by atoms with Crippen LogP contribution in [0.25, 0.3) is 0 Å². The maximum atomic E-state index is 8.83. The Morgan fingerprint density at radius 2 is 2.00 bits per heavy atom. The largest absolute Gasteiger partial charge is 0.477 e. The van der Waals surface area contributed by atoms with Crippen molar-refractivity contribution in [2.75, 3.05) is 0 Å². The molecule has 1 aliphatic heterocycles. The van der Waals surface area contributed by atoms with Gasteiger partial charge in [0.1, 0.15) is 11.7 Å². The first-order chi connectivity index (χ1) is 5.90. The third kappa shape index (κ3) is 1.73. The molecule has 3 heteroatoms. The van der Waals surface area contributed by atoms with E-state index >= 15 is 0 Å². The molecular weight excluding hydrogens is 230 g/mol. The van der Waals surface area contributed by atoms with Crippen molar-refractivity contribution in [2.45, 2.75) is 33.3 Å². The van der Waals surface area contributed by atoms with E-state index in [4.69, 9.17) is 10.00 Å². The van der Waals surface area contributed by atoms with Crippen molar-refractivity contribution >= 4 is 15.9 Å². The van der Waals surface area contributed by atoms with Crippen LogP contribution in [0.2, 0.25) is 0 Å². The number of ether oxygens (including phenoxy) is 1. The minimum absolute atomic E-state index is 0.248. The molecule has 0 N–H and O–H groups in total. The summed E-state index contributed by atoms with van der Waals surface area (Å²) in [7, 11) is 0. The van der Waals surface area contributed by atoms with Crippen LogP contribution in [-0.4, -0.2) is 5.60 Å². The molecule has 1 rings (SSSR count). The monoisotopic (exact) mass is 243 g/mol. The lowest BCUT2D eigenvalue weighted by atomic mass is 9.80. The Balaban J connectivity index is 3.10. The average molecular weight is 244 g/mol. The number of halogens is 1. The molecule has 0 aromatic rings. The average Bonchev–Trinajstić information content (AvgIpc) is 2.08. The second kappa shape index (κ2) is 3.34. The topological polar surface area (TPSA) is 33.0 Å². The summed E-state index contributed by atoms with van der Waals surface area (Å²) in [5, 5.41) is 8.83. The van der Waals surface area contributed by atoms with Crippen LogP contribution in [0.3, 0.4) is 0 Å². The highest BCUT2D eigenvalue weighted by Gasteiger charge is 2.39. The van der Waals surface area contributed by atoms with Gasteiger partial charge in [0.25, 0.3) is 0 Å². The first-order valence-corrected chi connectivity index (χ1v) is 5.18. The highest BCUT2D eigenvalue weighted by molar-refractivity contribution is 9.11. The summed E-state index contributed by atoms with van der Waals surface area (Å²) in [5.41, 5.74) is -0.248. The standard InChI is InChI=1S/C10H14BrNO/c1-6-7(2)10(3,4)13-8(5-12)9(6)11/h6-7H,1-4H3/t6-,7+/m0/s1. The Morgan fingerprint density at radius 1 is 1.46 bits per heavy atom. The zero-order chi connectivity index (χ0) is 10.2. The van der Waals surface area contributed by atoms with E-state index in [0.717, 1.165) is 4.48 Å². The molecule has 0 bridgehead atoms. The van der Waals surface area contributed by atoms with Crippen LogP contribution in [0, 0.1) is 23.2 Å². The Kier molecular flexibility index (Phi) is 2.72. The molecule has 72 valence electrons. The number of allylic oxidation sites excluding steroid dienone is 2. The van der Waals surface area contributed by atoms with Crippen LogP contribution in [0.4, 0.5) is 0 Å². The van der Waals surface area contributed by atoms with Crippen LogP contribution in [0.15, 0.2) is 10.2 Å². The molecule has 1 aliphatic rings. The summed E-state index contributed by atoms with van der Waals surface area (Å²) in [4.78, 5) is 0. The maximum Gasteiger partial charge on any atom is 0.208 e. The van der Waals surface area contributed by atoms with Crippen LogP contribution >= 0.6 is 15.9 Å². The van der Waals surface area contributed by atoms with E-state index in [-0.39, 0.29) is 5.60 Å². The molecule has 0 amide bonds. The summed E-state index contributed by atoms with van der Waals surface area (Å²) < 4.78 is 6.48. The number of hydrogen-bond donors (Lipinski definition) is 0. The lowest BCUT2D eigenvalue weighted by Crippen LogP contribution is -2.40. The zero-order valence-electron chi connectivity index (χ0n) is 8.39. The molecule has 0 saturated heterocycles. The van der Waals surface area contributed by atoms with Crippen molar-refractivity contribution in [3.63, 3.8) is 0 Å². The van der Waals surface area contributed by atoms with E-state index in [9.17, 15) is 0 Å². The fourth-order valence-corrected chi connectivity index (χ4v) is 2.08. The lowest BCUT2D eigenvalue weighted by molar-refractivity contribution is -0.0339. The highest BCUT2D eigenvalue weighted by Crippen LogP contribution is 2.42. The van der Waals surface area contributed by atoms with E-state index in [1.165, 1.54) is 0 Å². The molecular formula is C10H14BrNO. The molecule has 0 saturated carbocycles. The maximum absolute atomic E-state index is 8.83. The smallest absolute Gasteiger partial charge is 0.208 e. The molecule has 2 atom stereocenters. The van der Waals surface area contributed by atoms with E-state index in [0.29, 0.717) is 17.6 Å². The lowest BCUT2D eigenvalue weighted by Gasteiger charge is -2.40. The number of nitriles is 1. The van der Waals surface area contributed by atoms with E-state index in [1.807, 2.05) is 13.8 Å². The molecule has 0 spiro atoms. The minimum atomic E-state index is -0.248. The summed E-state index contributed by atoms with van der Waals surface area (Å²) in [6.45, 7) is 8.28. The first-order valence-electron chi connectivity index (χ1n) is 4.39. The third-order valence-electron chi connectivity index (χ3n) is 2.93. The van der Waals surface area contributed by atoms with Gasteiger partial charge < -0.3 is 4.74 Å². The van der Waals surface area contributed by atoms with Crippen molar-refractivity contribution in [1.29, 1.82) is 5.26 Å². The molecule has 2 nitrogen and oxygen atoms in total. The van der Waals surface area contributed by atoms with Crippen LogP contribution in [0.1, 0.15) is 27.7 Å². The third-order valence-corrected chi connectivity index (χ3v) is 4.01. The van der Waals surface area contributed by atoms with Gasteiger partial charge in [-0.3, -0.25) is 0 Å². The second-order valence-corrected chi connectivity index (χ2v) is 4.93. The van der Waals surface area contributed by atoms with Gasteiger partial charge in [0.15, 0.2) is 0 Å². The van der Waals surface area contributed by atoms with Crippen molar-refractivity contribution in [1.82, 2.24) is 0 Å². The number of rotatable bonds is 0. The van der Waals surface area contributed by atoms with Crippen LogP contribution in [0.5, 0.6) is 0 Å². The van der Waals surface area contributed by atoms with Gasteiger partial charge in [-0.15, -0.1) is 0 Å². The van der Waals surface area contributed by atoms with E-state index < -0.39 is 0 Å². The van der Waals surface area contributed by atoms with Crippen LogP contribution in [-0.2, 0) is 4.74 Å². The fourth-order valence-electron chi connectivity index (χ4n) is 1.51. The molecule has 0 aromatic carbocycles. The Hall–Kier alpha value is -0.490. The van der Waals surface area contributed by atoms with E-state index in [1.54, 1.807) is 0 Å². The molecule has 0 radical (unpaired) electrons. The van der Waals surface area contributed by atoms with Gasteiger partial charge in [0.05, 0.1) is 4.48 Å². The predicted molar refractivity (Wildman–Crippen MR) is 55.1 cm³/mol. The van der Waals surface area contributed by atoms with Crippen molar-refractivity contribution in [3.05, 3.63) is 10.2 Å². The van der Waals surface area contributed by atoms with Gasteiger partial charge in [0.2, 0.25) is 5.76 Å². The predicted octanol–water partition coefficient (Wildman–Crippen LogP) is 3.20. The van der Waals surface area contributed by atoms with Gasteiger partial charge >= 0.3 is 0 Å². The molecule has 0 unspecified atom stereocenters. The fraction of sp³-hybridized carbons (Fsp3) is 0.700. The molecule has 0 fully saturated rings. The normalized spacial score (nSPS) is 32.3. The summed E-state index contributed by atoms with van der Waals surface area (Å²) in [5.74, 6) is 1.17. The first kappa shape index (κ1) is 10.6. The quantitative estimate of drug-likeness (QED) is 0.655. The Labute approximate surface area is 87.7 Å². The van der Waals surface area contributed by atoms with E-state index in [2.05, 4.69) is 35.8 Å². The minimum Gasteiger partial charge on any atom is -0.477 e. The van der Waals surface area contributed by atoms with Gasteiger partial charge in [-0.1, -0.05) is 29.8 Å². The van der Waals surface area contributed by atoms with Gasteiger partial charge in [0, 0.05) is 5.92 Å². The summed E-state index contributed by atoms with van der Waals surface area (Å²) in [6, 6.07) is 2.07. The summed E-state index contributed by atoms with van der Waals surface area (Å²) in [6.07, 6.45) is 0. The van der Waals surface area contributed by atoms with Gasteiger partial charge in [-0.05, 0) is 19.8 Å². The van der Waals surface area contributed by atoms with Gasteiger partial charge in [-0.2, -0.15) is 5.26 Å². The SMILES string of the molecule is C[C@@H]1C(Br)=C(C#N)OC(C)(C)[C@@H]1C. The molecule has 0 aliphatic carbocycles. The second-order valence-electron chi connectivity index (χ2n) is 4.07. The van der Waals surface area contributed by atoms with Crippen molar-refractivity contribution in [2.24, 2.45) is 11.8 Å². The molecule has 1 heterocycles. The van der Waals surface area contributed by atoms with Crippen LogP contribution < -0.4 is 0 Å².